The predicted octanol–water partition coefficient (Wildman–Crippen LogP) is 1.53. The molecule has 1 unspecified atom stereocenters. The summed E-state index contributed by atoms with van der Waals surface area (Å²) in [6.07, 6.45) is 0.416. The topological polar surface area (TPSA) is 118 Å². The molecule has 0 bridgehead atoms. The van der Waals surface area contributed by atoms with Crippen molar-refractivity contribution in [3.63, 3.8) is 0 Å². The maximum absolute atomic E-state index is 12.5. The summed E-state index contributed by atoms with van der Waals surface area (Å²) < 4.78 is 51.3. The number of rotatable bonds is 6. The molecule has 1 amide bonds. The van der Waals surface area contributed by atoms with Gasteiger partial charge in [-0.3, -0.25) is 4.79 Å². The second-order valence-electron chi connectivity index (χ2n) is 6.54. The molecule has 1 saturated heterocycles. The summed E-state index contributed by atoms with van der Waals surface area (Å²) in [5, 5.41) is 6.92. The molecule has 0 spiro atoms. The molecule has 2 aromatic heterocycles. The fourth-order valence-electron chi connectivity index (χ4n) is 2.92. The Balaban J connectivity index is 1.72. The fourth-order valence-corrected chi connectivity index (χ4v) is 7.43. The van der Waals surface area contributed by atoms with Gasteiger partial charge in [-0.2, -0.15) is 9.40 Å². The molecular weight excluding hydrogens is 448 g/mol. The lowest BCUT2D eigenvalue weighted by Crippen LogP contribution is -2.35. The van der Waals surface area contributed by atoms with Crippen LogP contribution in [0.15, 0.2) is 22.4 Å². The Hall–Kier alpha value is -1.47. The van der Waals surface area contributed by atoms with Gasteiger partial charge in [0.15, 0.2) is 9.84 Å². The van der Waals surface area contributed by atoms with Crippen LogP contribution in [0.1, 0.15) is 18.2 Å². The molecule has 1 fully saturated rings. The number of amides is 1. The first-order valence-electron chi connectivity index (χ1n) is 8.26. The molecule has 2 aromatic rings. The molecule has 0 aromatic carbocycles. The first-order chi connectivity index (χ1) is 13.0. The molecule has 0 radical (unpaired) electrons. The molecule has 1 atom stereocenters. The number of anilines is 1. The zero-order valence-electron chi connectivity index (χ0n) is 15.1. The Morgan fingerprint density at radius 3 is 2.75 bits per heavy atom. The first-order valence-corrected chi connectivity index (χ1v) is 12.7. The zero-order valence-corrected chi connectivity index (χ0v) is 18.3. The van der Waals surface area contributed by atoms with Gasteiger partial charge < -0.3 is 5.32 Å². The second-order valence-corrected chi connectivity index (χ2v) is 12.8. The van der Waals surface area contributed by atoms with Crippen molar-refractivity contribution in [2.24, 2.45) is 0 Å². The summed E-state index contributed by atoms with van der Waals surface area (Å²) in [6, 6.07) is 4.12. The normalized spacial score (nSPS) is 19.2. The van der Waals surface area contributed by atoms with E-state index in [0.717, 1.165) is 15.6 Å². The third kappa shape index (κ3) is 4.57. The molecule has 0 aliphatic carbocycles. The van der Waals surface area contributed by atoms with Crippen LogP contribution in [0.5, 0.6) is 0 Å². The van der Waals surface area contributed by atoms with Gasteiger partial charge in [0, 0.05) is 13.1 Å². The fraction of sp³-hybridized carbons (Fsp3) is 0.467. The molecule has 28 heavy (non-hydrogen) atoms. The Morgan fingerprint density at radius 2 is 2.18 bits per heavy atom. The van der Waals surface area contributed by atoms with Crippen LogP contribution in [-0.2, 0) is 24.7 Å². The predicted molar refractivity (Wildman–Crippen MR) is 107 cm³/mol. The number of halogens is 1. The van der Waals surface area contributed by atoms with E-state index in [0.29, 0.717) is 22.3 Å². The van der Waals surface area contributed by atoms with Crippen LogP contribution in [-0.4, -0.2) is 61.9 Å². The third-order valence-electron chi connectivity index (χ3n) is 4.26. The van der Waals surface area contributed by atoms with Gasteiger partial charge >= 0.3 is 0 Å². The average Bonchev–Trinajstić information content (AvgIpc) is 3.26. The monoisotopic (exact) mass is 466 g/mol. The van der Waals surface area contributed by atoms with E-state index >= 15 is 0 Å². The lowest BCUT2D eigenvalue weighted by molar-refractivity contribution is -0.116. The molecule has 154 valence electrons. The Labute approximate surface area is 172 Å². The minimum absolute atomic E-state index is 0.0373. The minimum Gasteiger partial charge on any atom is -0.310 e. The molecule has 0 saturated carbocycles. The molecule has 9 nitrogen and oxygen atoms in total. The summed E-state index contributed by atoms with van der Waals surface area (Å²) in [6.45, 7) is 1.32. The second kappa shape index (κ2) is 7.75. The van der Waals surface area contributed by atoms with Crippen LogP contribution >= 0.6 is 22.9 Å². The lowest BCUT2D eigenvalue weighted by atomic mass is 10.3. The Morgan fingerprint density at radius 1 is 1.46 bits per heavy atom. The molecule has 1 aliphatic rings. The third-order valence-corrected chi connectivity index (χ3v) is 9.51. The van der Waals surface area contributed by atoms with Crippen molar-refractivity contribution in [2.75, 3.05) is 30.4 Å². The van der Waals surface area contributed by atoms with Crippen molar-refractivity contribution < 1.29 is 21.6 Å². The van der Waals surface area contributed by atoms with E-state index in [9.17, 15) is 21.6 Å². The highest BCUT2D eigenvalue weighted by Crippen LogP contribution is 2.28. The first kappa shape index (κ1) is 21.2. The zero-order chi connectivity index (χ0) is 20.7. The Bertz CT molecular complexity index is 1110. The average molecular weight is 467 g/mol. The van der Waals surface area contributed by atoms with E-state index in [-0.39, 0.29) is 21.8 Å². The smallest absolute Gasteiger partial charge is 0.252 e. The van der Waals surface area contributed by atoms with Crippen LogP contribution in [0, 0.1) is 6.92 Å². The summed E-state index contributed by atoms with van der Waals surface area (Å²) in [4.78, 5) is 12.4. The summed E-state index contributed by atoms with van der Waals surface area (Å²) in [5.74, 6) is -0.177. The standard InChI is InChI=1S/C15H19ClN4O5S3/c1-10-7-13(20(18-10)11-5-6-27(22,23)9-11)17-14(21)8-19(2)28(24,25)15-4-3-12(16)26-15/h3-4,7,11H,5-6,8-9H2,1-2H3,(H,17,21). The molecule has 3 heterocycles. The largest absolute Gasteiger partial charge is 0.310 e. The number of sulfonamides is 1. The SMILES string of the molecule is Cc1cc(NC(=O)CN(C)S(=O)(=O)c2ccc(Cl)s2)n(C2CCS(=O)(=O)C2)n1. The van der Waals surface area contributed by atoms with Gasteiger partial charge in [0.1, 0.15) is 10.0 Å². The van der Waals surface area contributed by atoms with E-state index in [2.05, 4.69) is 10.4 Å². The number of likely N-dealkylation sites (N-methyl/N-ethyl adjacent to an activating group) is 1. The van der Waals surface area contributed by atoms with Crippen molar-refractivity contribution in [1.82, 2.24) is 14.1 Å². The summed E-state index contributed by atoms with van der Waals surface area (Å²) in [7, 11) is -5.65. The lowest BCUT2D eigenvalue weighted by Gasteiger charge is -2.17. The number of thiophene rings is 1. The Kier molecular flexibility index (Phi) is 5.88. The highest BCUT2D eigenvalue weighted by molar-refractivity contribution is 7.91. The molecule has 1 N–H and O–H groups in total. The molecular formula is C15H19ClN4O5S3. The minimum atomic E-state index is -3.84. The van der Waals surface area contributed by atoms with E-state index in [4.69, 9.17) is 11.6 Å². The van der Waals surface area contributed by atoms with E-state index in [1.165, 1.54) is 23.9 Å². The quantitative estimate of drug-likeness (QED) is 0.689. The number of hydrogen-bond donors (Lipinski definition) is 1. The number of aromatic nitrogens is 2. The van der Waals surface area contributed by atoms with Crippen molar-refractivity contribution in [1.29, 1.82) is 0 Å². The van der Waals surface area contributed by atoms with Crippen molar-refractivity contribution in [3.8, 4) is 0 Å². The van der Waals surface area contributed by atoms with Crippen LogP contribution in [0.25, 0.3) is 0 Å². The van der Waals surface area contributed by atoms with Crippen molar-refractivity contribution in [2.45, 2.75) is 23.6 Å². The molecule has 13 heteroatoms. The number of carbonyl (C=O) groups excluding carboxylic acids is 1. The molecule has 1 aliphatic heterocycles. The summed E-state index contributed by atoms with van der Waals surface area (Å²) in [5.41, 5.74) is 0.619. The van der Waals surface area contributed by atoms with E-state index in [1.54, 1.807) is 13.0 Å². The van der Waals surface area contributed by atoms with E-state index < -0.39 is 32.3 Å². The van der Waals surface area contributed by atoms with Gasteiger partial charge in [-0.05, 0) is 25.5 Å². The number of sulfone groups is 1. The van der Waals surface area contributed by atoms with Crippen LogP contribution in [0.4, 0.5) is 5.82 Å². The number of nitrogens with zero attached hydrogens (tertiary/aromatic N) is 3. The highest BCUT2D eigenvalue weighted by Gasteiger charge is 2.32. The molecule has 3 rings (SSSR count). The number of aryl methyl sites for hydroxylation is 1. The van der Waals surface area contributed by atoms with Gasteiger partial charge in [0.05, 0.1) is 34.1 Å². The highest BCUT2D eigenvalue weighted by atomic mass is 35.5. The van der Waals surface area contributed by atoms with Gasteiger partial charge in [0.25, 0.3) is 10.0 Å². The summed E-state index contributed by atoms with van der Waals surface area (Å²) >= 11 is 6.70. The maximum atomic E-state index is 12.5. The maximum Gasteiger partial charge on any atom is 0.252 e. The van der Waals surface area contributed by atoms with Crippen LogP contribution < -0.4 is 5.32 Å². The number of nitrogens with one attached hydrogen (secondary N) is 1. The van der Waals surface area contributed by atoms with Crippen LogP contribution in [0.2, 0.25) is 4.34 Å². The van der Waals surface area contributed by atoms with Crippen LogP contribution in [0.3, 0.4) is 0 Å². The van der Waals surface area contributed by atoms with Gasteiger partial charge in [-0.15, -0.1) is 11.3 Å². The van der Waals surface area contributed by atoms with E-state index in [1.807, 2.05) is 0 Å². The number of hydrogen-bond acceptors (Lipinski definition) is 7. The van der Waals surface area contributed by atoms with Crippen molar-refractivity contribution in [3.05, 3.63) is 28.2 Å². The van der Waals surface area contributed by atoms with Gasteiger partial charge in [0.2, 0.25) is 5.91 Å². The van der Waals surface area contributed by atoms with Gasteiger partial charge in [-0.25, -0.2) is 21.5 Å². The van der Waals surface area contributed by atoms with Gasteiger partial charge in [-0.1, -0.05) is 11.6 Å². The number of carbonyl (C=O) groups is 1. The van der Waals surface area contributed by atoms with Crippen molar-refractivity contribution >= 4 is 54.5 Å².